The highest BCUT2D eigenvalue weighted by Gasteiger charge is 2.59. The highest BCUT2D eigenvalue weighted by atomic mass is 32.7. The van der Waals surface area contributed by atoms with Gasteiger partial charge in [0, 0.05) is 0 Å². The number of nitrogens with one attached hydrogen (secondary N) is 1. The van der Waals surface area contributed by atoms with Crippen molar-refractivity contribution < 1.29 is 41.9 Å². The van der Waals surface area contributed by atoms with E-state index >= 15 is 8.78 Å². The minimum absolute atomic E-state index is 0.0551. The number of halogens is 2. The fourth-order valence-electron chi connectivity index (χ4n) is 5.01. The van der Waals surface area contributed by atoms with E-state index in [-0.39, 0.29) is 34.1 Å². The number of nitrogens with zero attached hydrogens (tertiary/aromatic N) is 7. The number of fused-ring (bicyclic) bond motifs is 2. The normalized spacial score (nSPS) is 30.4. The number of aromatic amines is 1. The Hall–Kier alpha value is -3.00. The van der Waals surface area contributed by atoms with Gasteiger partial charge >= 0.3 is 8.03 Å². The molecule has 2 fully saturated rings. The highest BCUT2D eigenvalue weighted by Crippen LogP contribution is 2.49. The van der Waals surface area contributed by atoms with Gasteiger partial charge in [-0.1, -0.05) is 12.2 Å². The van der Waals surface area contributed by atoms with Gasteiger partial charge in [0.1, 0.15) is 36.8 Å². The average molecular weight is 663 g/mol. The first-order valence-corrected chi connectivity index (χ1v) is 16.0. The molecule has 0 amide bonds. The Morgan fingerprint density at radius 2 is 1.77 bits per heavy atom. The molecule has 0 radical (unpaired) electrons. The number of nitrogens with two attached hydrogens (primary N) is 2. The van der Waals surface area contributed by atoms with Crippen LogP contribution >= 0.6 is 27.9 Å². The van der Waals surface area contributed by atoms with Crippen LogP contribution in [0.3, 0.4) is 0 Å². The predicted molar refractivity (Wildman–Crippen MR) is 147 cm³/mol. The Bertz CT molecular complexity index is 1730. The molecule has 10 atom stereocenters. The quantitative estimate of drug-likeness (QED) is 0.104. The van der Waals surface area contributed by atoms with Crippen LogP contribution in [0, 0.1) is 0 Å². The van der Waals surface area contributed by atoms with Gasteiger partial charge in [0.2, 0.25) is 13.5 Å². The van der Waals surface area contributed by atoms with Crippen LogP contribution in [-0.2, 0) is 23.1 Å². The number of ether oxygens (including phenoxy) is 2. The maximum atomic E-state index is 15.7. The molecule has 4 aromatic heterocycles. The summed E-state index contributed by atoms with van der Waals surface area (Å²) >= 11 is 3.82. The lowest BCUT2D eigenvalue weighted by molar-refractivity contribution is -0.0389. The maximum Gasteiger partial charge on any atom is 0.519 e. The zero-order valence-corrected chi connectivity index (χ0v) is 24.2. The van der Waals surface area contributed by atoms with E-state index in [4.69, 9.17) is 30.0 Å². The standard InChI is InChI=1S/C20H22F2N10O8P2S/c21-8-6(1-33)38-19(32-5-28-11-16(32)29-20(24)30-17(11)34)13(8)41(35)37-2-7-12(40-42(36)43)9(22)18(39-7)31-4-27-10-14(23)25-3-26-15(10)31/h3-9,12-13,18-19,33,36,43H,1-2H2,(H4-,23,24,25,26,29,30,34)/p+1/t6-,7-,8-,9+,12-,13-,18-,19?,42?/m1/s1. The van der Waals surface area contributed by atoms with E-state index in [0.717, 1.165) is 17.2 Å². The number of thiol groups is 1. The summed E-state index contributed by atoms with van der Waals surface area (Å²) in [5, 5.41) is 9.67. The van der Waals surface area contributed by atoms with Gasteiger partial charge in [-0.3, -0.25) is 18.9 Å². The number of rotatable bonds is 9. The molecule has 0 bridgehead atoms. The van der Waals surface area contributed by atoms with Crippen molar-refractivity contribution in [2.24, 2.45) is 0 Å². The lowest BCUT2D eigenvalue weighted by Gasteiger charge is -2.19. The Kier molecular flexibility index (Phi) is 8.26. The molecular formula is C20H23F2N10O8P2S+. The third-order valence-corrected chi connectivity index (χ3v) is 9.09. The molecule has 2 aliphatic heterocycles. The van der Waals surface area contributed by atoms with Crippen molar-refractivity contribution in [2.75, 3.05) is 24.7 Å². The van der Waals surface area contributed by atoms with Crippen LogP contribution in [-0.4, -0.2) is 98.6 Å². The molecule has 7 N–H and O–H groups in total. The molecule has 0 aliphatic carbocycles. The summed E-state index contributed by atoms with van der Waals surface area (Å²) in [7, 11) is -5.35. The maximum absolute atomic E-state index is 15.7. The van der Waals surface area contributed by atoms with Gasteiger partial charge in [0.05, 0.1) is 19.3 Å². The van der Waals surface area contributed by atoms with E-state index in [0.29, 0.717) is 0 Å². The average Bonchev–Trinajstić information content (AvgIpc) is 3.72. The molecule has 0 aromatic carbocycles. The second-order valence-corrected chi connectivity index (χ2v) is 12.6. The first-order chi connectivity index (χ1) is 20.6. The number of H-pyrrole nitrogens is 1. The summed E-state index contributed by atoms with van der Waals surface area (Å²) in [6, 6.07) is 0. The van der Waals surface area contributed by atoms with Gasteiger partial charge < -0.3 is 35.5 Å². The third-order valence-electron chi connectivity index (χ3n) is 6.95. The van der Waals surface area contributed by atoms with Crippen molar-refractivity contribution in [2.45, 2.75) is 48.8 Å². The SMILES string of the molecule is Nc1nc2c(ncn2C2O[C@H](CO)[C@@H](F)[C@H]2[P+](=O)OC[C@H]2O[C@@H](n3cnc4c(N)ncnc43)[C@@H](F)[C@@H]2OP(O)S)c(=O)[nH]1. The minimum Gasteiger partial charge on any atom is -0.394 e. The number of alkyl halides is 2. The fourth-order valence-corrected chi connectivity index (χ4v) is 7.12. The fraction of sp³-hybridized carbons (Fsp3) is 0.500. The summed E-state index contributed by atoms with van der Waals surface area (Å²) in [5.41, 5.74) is 9.39. The molecule has 230 valence electrons. The first kappa shape index (κ1) is 30.0. The number of imidazole rings is 2. The van der Waals surface area contributed by atoms with Crippen molar-refractivity contribution in [3.63, 3.8) is 0 Å². The van der Waals surface area contributed by atoms with E-state index in [9.17, 15) is 19.4 Å². The van der Waals surface area contributed by atoms with Crippen molar-refractivity contribution in [3.05, 3.63) is 29.3 Å². The zero-order valence-electron chi connectivity index (χ0n) is 21.5. The molecule has 6 rings (SSSR count). The molecule has 43 heavy (non-hydrogen) atoms. The molecular weight excluding hydrogens is 640 g/mol. The monoisotopic (exact) mass is 663 g/mol. The lowest BCUT2D eigenvalue weighted by Crippen LogP contribution is -2.33. The molecule has 2 saturated heterocycles. The van der Waals surface area contributed by atoms with E-state index < -0.39 is 83.1 Å². The number of aliphatic hydroxyl groups excluding tert-OH is 1. The Morgan fingerprint density at radius 3 is 2.49 bits per heavy atom. The molecule has 18 nitrogen and oxygen atoms in total. The number of hydrogen-bond acceptors (Lipinski definition) is 16. The molecule has 6 heterocycles. The summed E-state index contributed by atoms with van der Waals surface area (Å²) in [6.07, 6.45) is -7.32. The predicted octanol–water partition coefficient (Wildman–Crippen LogP) is 0.249. The van der Waals surface area contributed by atoms with E-state index in [1.54, 1.807) is 0 Å². The van der Waals surface area contributed by atoms with E-state index in [2.05, 4.69) is 42.2 Å². The largest absolute Gasteiger partial charge is 0.519 e. The number of hydrogen-bond donors (Lipinski definition) is 6. The third kappa shape index (κ3) is 5.34. The Morgan fingerprint density at radius 1 is 1.07 bits per heavy atom. The van der Waals surface area contributed by atoms with Gasteiger partial charge in [-0.25, -0.2) is 28.7 Å². The van der Waals surface area contributed by atoms with Crippen LogP contribution in [0.5, 0.6) is 0 Å². The van der Waals surface area contributed by atoms with Crippen LogP contribution in [0.1, 0.15) is 12.5 Å². The van der Waals surface area contributed by atoms with Crippen LogP contribution in [0.25, 0.3) is 22.3 Å². The molecule has 2 aliphatic rings. The molecule has 0 spiro atoms. The van der Waals surface area contributed by atoms with Crippen molar-refractivity contribution in [1.29, 1.82) is 0 Å². The molecule has 23 heteroatoms. The summed E-state index contributed by atoms with van der Waals surface area (Å²) < 4.78 is 69.3. The van der Waals surface area contributed by atoms with Crippen molar-refractivity contribution >= 4 is 61.9 Å². The van der Waals surface area contributed by atoms with Crippen molar-refractivity contribution in [3.8, 4) is 0 Å². The molecule has 0 saturated carbocycles. The molecule has 4 aromatic rings. The first-order valence-electron chi connectivity index (χ1n) is 12.4. The lowest BCUT2D eigenvalue weighted by atomic mass is 10.1. The van der Waals surface area contributed by atoms with Gasteiger partial charge in [-0.2, -0.15) is 4.98 Å². The number of nitrogen functional groups attached to an aromatic ring is 2. The van der Waals surface area contributed by atoms with Crippen LogP contribution in [0.4, 0.5) is 20.5 Å². The number of anilines is 2. The van der Waals surface area contributed by atoms with Crippen LogP contribution in [0.15, 0.2) is 23.8 Å². The van der Waals surface area contributed by atoms with E-state index in [1.165, 1.54) is 10.9 Å². The highest BCUT2D eigenvalue weighted by molar-refractivity contribution is 8.41. The van der Waals surface area contributed by atoms with Crippen LogP contribution < -0.4 is 17.0 Å². The van der Waals surface area contributed by atoms with Crippen LogP contribution in [0.2, 0.25) is 0 Å². The Balaban J connectivity index is 1.25. The van der Waals surface area contributed by atoms with Crippen molar-refractivity contribution in [1.82, 2.24) is 39.0 Å². The smallest absolute Gasteiger partial charge is 0.394 e. The second kappa shape index (κ2) is 11.8. The van der Waals surface area contributed by atoms with Gasteiger partial charge in [-0.05, 0) is 4.57 Å². The van der Waals surface area contributed by atoms with E-state index in [1.807, 2.05) is 0 Å². The summed E-state index contributed by atoms with van der Waals surface area (Å²) in [5.74, 6) is -0.197. The summed E-state index contributed by atoms with van der Waals surface area (Å²) in [6.45, 7) is -1.35. The molecule has 3 unspecified atom stereocenters. The van der Waals surface area contributed by atoms with Gasteiger partial charge in [-0.15, -0.1) is 4.52 Å². The second-order valence-electron chi connectivity index (χ2n) is 9.45. The summed E-state index contributed by atoms with van der Waals surface area (Å²) in [4.78, 5) is 44.3. The number of aromatic nitrogens is 8. The Labute approximate surface area is 245 Å². The number of aliphatic hydroxyl groups is 1. The van der Waals surface area contributed by atoms with Gasteiger partial charge in [0.25, 0.3) is 11.2 Å². The topological polar surface area (TPSA) is 254 Å². The zero-order chi connectivity index (χ0) is 30.6. The van der Waals surface area contributed by atoms with Gasteiger partial charge in [0.15, 0.2) is 47.4 Å². The minimum atomic E-state index is -2.98.